The van der Waals surface area contributed by atoms with E-state index in [-0.39, 0.29) is 0 Å². The maximum absolute atomic E-state index is 9.40. The van der Waals surface area contributed by atoms with Crippen LogP contribution in [-0.4, -0.2) is 11.2 Å². The van der Waals surface area contributed by atoms with Crippen LogP contribution in [0.2, 0.25) is 0 Å². The van der Waals surface area contributed by atoms with Crippen molar-refractivity contribution in [1.29, 1.82) is 0 Å². The summed E-state index contributed by atoms with van der Waals surface area (Å²) in [6.45, 7) is 3.72. The SMILES string of the molecule is C/C=C(\c1ccccc1)C(C)O. The van der Waals surface area contributed by atoms with Gasteiger partial charge in [0.1, 0.15) is 0 Å². The molecule has 1 N–H and O–H groups in total. The van der Waals surface area contributed by atoms with E-state index in [0.29, 0.717) is 0 Å². The molecule has 12 heavy (non-hydrogen) atoms. The van der Waals surface area contributed by atoms with E-state index in [1.54, 1.807) is 6.92 Å². The van der Waals surface area contributed by atoms with E-state index in [2.05, 4.69) is 0 Å². The van der Waals surface area contributed by atoms with Gasteiger partial charge in [0.25, 0.3) is 0 Å². The van der Waals surface area contributed by atoms with Gasteiger partial charge in [-0.25, -0.2) is 0 Å². The molecule has 1 unspecified atom stereocenters. The molecule has 1 aromatic carbocycles. The van der Waals surface area contributed by atoms with Crippen LogP contribution in [0, 0.1) is 0 Å². The molecule has 1 nitrogen and oxygen atoms in total. The summed E-state index contributed by atoms with van der Waals surface area (Å²) < 4.78 is 0. The van der Waals surface area contributed by atoms with Crippen LogP contribution >= 0.6 is 0 Å². The molecule has 1 aromatic rings. The summed E-state index contributed by atoms with van der Waals surface area (Å²) in [4.78, 5) is 0. The smallest absolute Gasteiger partial charge is 0.0764 e. The molecule has 1 atom stereocenters. The van der Waals surface area contributed by atoms with Gasteiger partial charge in [-0.2, -0.15) is 0 Å². The topological polar surface area (TPSA) is 20.2 Å². The highest BCUT2D eigenvalue weighted by molar-refractivity contribution is 5.67. The zero-order valence-electron chi connectivity index (χ0n) is 7.49. The Bertz CT molecular complexity index is 260. The van der Waals surface area contributed by atoms with Crippen LogP contribution in [-0.2, 0) is 0 Å². The van der Waals surface area contributed by atoms with Crippen molar-refractivity contribution in [2.45, 2.75) is 20.0 Å². The molecule has 0 saturated carbocycles. The van der Waals surface area contributed by atoms with Crippen LogP contribution in [0.4, 0.5) is 0 Å². The molecule has 64 valence electrons. The summed E-state index contributed by atoms with van der Waals surface area (Å²) >= 11 is 0. The average Bonchev–Trinajstić information content (AvgIpc) is 2.07. The van der Waals surface area contributed by atoms with Gasteiger partial charge in [-0.05, 0) is 25.0 Å². The quantitative estimate of drug-likeness (QED) is 0.708. The van der Waals surface area contributed by atoms with Crippen LogP contribution in [0.3, 0.4) is 0 Å². The third-order valence-corrected chi connectivity index (χ3v) is 1.87. The third kappa shape index (κ3) is 1.95. The Kier molecular flexibility index (Phi) is 3.06. The number of hydrogen-bond acceptors (Lipinski definition) is 1. The van der Waals surface area contributed by atoms with Crippen molar-refractivity contribution in [2.24, 2.45) is 0 Å². The van der Waals surface area contributed by atoms with E-state index >= 15 is 0 Å². The van der Waals surface area contributed by atoms with Crippen molar-refractivity contribution in [3.63, 3.8) is 0 Å². The number of aliphatic hydroxyl groups is 1. The van der Waals surface area contributed by atoms with Crippen molar-refractivity contribution in [3.05, 3.63) is 42.0 Å². The molecule has 1 heteroatoms. The molecule has 0 saturated heterocycles. The van der Waals surface area contributed by atoms with Crippen LogP contribution in [0.1, 0.15) is 19.4 Å². The lowest BCUT2D eigenvalue weighted by Gasteiger charge is -2.09. The Morgan fingerprint density at radius 2 is 1.92 bits per heavy atom. The van der Waals surface area contributed by atoms with E-state index in [1.807, 2.05) is 43.3 Å². The number of aliphatic hydroxyl groups excluding tert-OH is 1. The Morgan fingerprint density at radius 1 is 1.33 bits per heavy atom. The van der Waals surface area contributed by atoms with Crippen molar-refractivity contribution in [3.8, 4) is 0 Å². The fraction of sp³-hybridized carbons (Fsp3) is 0.273. The van der Waals surface area contributed by atoms with Crippen LogP contribution < -0.4 is 0 Å². The fourth-order valence-electron chi connectivity index (χ4n) is 1.28. The van der Waals surface area contributed by atoms with Crippen molar-refractivity contribution < 1.29 is 5.11 Å². The van der Waals surface area contributed by atoms with E-state index in [1.165, 1.54) is 0 Å². The molecular formula is C11H14O. The second-order valence-corrected chi connectivity index (χ2v) is 2.79. The summed E-state index contributed by atoms with van der Waals surface area (Å²) in [6.07, 6.45) is 1.55. The lowest BCUT2D eigenvalue weighted by molar-refractivity contribution is 0.253. The lowest BCUT2D eigenvalue weighted by atomic mass is 10.0. The zero-order chi connectivity index (χ0) is 8.97. The van der Waals surface area contributed by atoms with Gasteiger partial charge < -0.3 is 5.11 Å². The predicted octanol–water partition coefficient (Wildman–Crippen LogP) is 2.47. The van der Waals surface area contributed by atoms with Gasteiger partial charge in [0.2, 0.25) is 0 Å². The first kappa shape index (κ1) is 9.01. The molecule has 0 fully saturated rings. The molecule has 0 amide bonds. The van der Waals surface area contributed by atoms with Gasteiger partial charge in [-0.3, -0.25) is 0 Å². The second-order valence-electron chi connectivity index (χ2n) is 2.79. The minimum absolute atomic E-state index is 0.391. The van der Waals surface area contributed by atoms with Crippen molar-refractivity contribution >= 4 is 5.57 Å². The molecule has 1 rings (SSSR count). The molecule has 0 bridgehead atoms. The predicted molar refractivity (Wildman–Crippen MR) is 51.8 cm³/mol. The summed E-state index contributed by atoms with van der Waals surface area (Å²) in [5, 5.41) is 9.40. The Hall–Kier alpha value is -1.08. The summed E-state index contributed by atoms with van der Waals surface area (Å²) in [5.74, 6) is 0. The maximum Gasteiger partial charge on any atom is 0.0764 e. The van der Waals surface area contributed by atoms with Gasteiger partial charge in [-0.1, -0.05) is 36.4 Å². The Labute approximate surface area is 73.4 Å². The highest BCUT2D eigenvalue weighted by Gasteiger charge is 2.04. The molecule has 0 heterocycles. The minimum atomic E-state index is -0.391. The monoisotopic (exact) mass is 162 g/mol. The lowest BCUT2D eigenvalue weighted by Crippen LogP contribution is -2.02. The first-order valence-electron chi connectivity index (χ1n) is 4.15. The van der Waals surface area contributed by atoms with Gasteiger partial charge >= 0.3 is 0 Å². The fourth-order valence-corrected chi connectivity index (χ4v) is 1.28. The number of rotatable bonds is 2. The number of benzene rings is 1. The van der Waals surface area contributed by atoms with Crippen LogP contribution in [0.25, 0.3) is 5.57 Å². The van der Waals surface area contributed by atoms with Crippen LogP contribution in [0.5, 0.6) is 0 Å². The first-order chi connectivity index (χ1) is 5.75. The molecule has 0 aliphatic heterocycles. The van der Waals surface area contributed by atoms with E-state index in [0.717, 1.165) is 11.1 Å². The summed E-state index contributed by atoms with van der Waals surface area (Å²) in [5.41, 5.74) is 2.07. The first-order valence-corrected chi connectivity index (χ1v) is 4.15. The number of allylic oxidation sites excluding steroid dienone is 1. The van der Waals surface area contributed by atoms with Crippen LogP contribution in [0.15, 0.2) is 36.4 Å². The second kappa shape index (κ2) is 4.07. The number of hydrogen-bond donors (Lipinski definition) is 1. The third-order valence-electron chi connectivity index (χ3n) is 1.87. The normalized spacial score (nSPS) is 14.4. The maximum atomic E-state index is 9.40. The molecule has 0 aliphatic rings. The van der Waals surface area contributed by atoms with E-state index in [4.69, 9.17) is 0 Å². The van der Waals surface area contributed by atoms with Crippen molar-refractivity contribution in [2.75, 3.05) is 0 Å². The molecule has 0 aromatic heterocycles. The summed E-state index contributed by atoms with van der Waals surface area (Å²) in [7, 11) is 0. The van der Waals surface area contributed by atoms with E-state index < -0.39 is 6.10 Å². The Balaban J connectivity index is 2.97. The molecular weight excluding hydrogens is 148 g/mol. The molecule has 0 spiro atoms. The van der Waals surface area contributed by atoms with Crippen molar-refractivity contribution in [1.82, 2.24) is 0 Å². The van der Waals surface area contributed by atoms with Gasteiger partial charge in [0.05, 0.1) is 6.10 Å². The zero-order valence-corrected chi connectivity index (χ0v) is 7.49. The minimum Gasteiger partial charge on any atom is -0.389 e. The standard InChI is InChI=1S/C11H14O/c1-3-11(9(2)12)10-7-5-4-6-8-10/h3-9,12H,1-2H3/b11-3-. The molecule has 0 aliphatic carbocycles. The van der Waals surface area contributed by atoms with Gasteiger partial charge in [0, 0.05) is 0 Å². The highest BCUT2D eigenvalue weighted by atomic mass is 16.3. The van der Waals surface area contributed by atoms with Gasteiger partial charge in [-0.15, -0.1) is 0 Å². The van der Waals surface area contributed by atoms with E-state index in [9.17, 15) is 5.11 Å². The molecule has 0 radical (unpaired) electrons. The summed E-state index contributed by atoms with van der Waals surface area (Å²) in [6, 6.07) is 9.92. The largest absolute Gasteiger partial charge is 0.389 e. The van der Waals surface area contributed by atoms with Gasteiger partial charge in [0.15, 0.2) is 0 Å². The average molecular weight is 162 g/mol. The highest BCUT2D eigenvalue weighted by Crippen LogP contribution is 2.17. The Morgan fingerprint density at radius 3 is 2.33 bits per heavy atom.